The smallest absolute Gasteiger partial charge is 0.350 e. The quantitative estimate of drug-likeness (QED) is 0.500. The summed E-state index contributed by atoms with van der Waals surface area (Å²) < 4.78 is 9.98. The second kappa shape index (κ2) is 5.57. The molecular weight excluding hydrogens is 274 g/mol. The molecule has 2 rings (SSSR count). The number of ether oxygens (including phenoxy) is 2. The van der Waals surface area contributed by atoms with Gasteiger partial charge in [-0.3, -0.25) is 0 Å². The second-order valence-corrected chi connectivity index (χ2v) is 5.19. The monoisotopic (exact) mass is 291 g/mol. The normalized spacial score (nSPS) is 17.0. The molecule has 0 amide bonds. The van der Waals surface area contributed by atoms with Crippen LogP contribution in [0.5, 0.6) is 0 Å². The second-order valence-electron chi connectivity index (χ2n) is 5.19. The van der Waals surface area contributed by atoms with Crippen molar-refractivity contribution in [1.29, 1.82) is 0 Å². The van der Waals surface area contributed by atoms with Crippen molar-refractivity contribution in [2.24, 2.45) is 0 Å². The van der Waals surface area contributed by atoms with Gasteiger partial charge in [0.1, 0.15) is 0 Å². The fourth-order valence-corrected chi connectivity index (χ4v) is 1.91. The fraction of sp³-hybridized carbons (Fsp3) is 0.333. The summed E-state index contributed by atoms with van der Waals surface area (Å²) in [5.41, 5.74) is 2.17. The molecule has 6 nitrogen and oxygen atoms in total. The van der Waals surface area contributed by atoms with Crippen molar-refractivity contribution in [1.82, 2.24) is 0 Å². The van der Waals surface area contributed by atoms with E-state index < -0.39 is 17.7 Å². The zero-order valence-electron chi connectivity index (χ0n) is 12.1. The molecule has 1 aliphatic rings. The fourth-order valence-electron chi connectivity index (χ4n) is 1.91. The molecule has 1 aromatic carbocycles. The van der Waals surface area contributed by atoms with Crippen LogP contribution in [-0.4, -0.2) is 22.8 Å². The van der Waals surface area contributed by atoms with Crippen molar-refractivity contribution in [2.75, 3.05) is 5.32 Å². The van der Waals surface area contributed by atoms with Gasteiger partial charge in [0.15, 0.2) is 5.57 Å². The number of cyclic esters (lactones) is 2. The van der Waals surface area contributed by atoms with Gasteiger partial charge in [-0.25, -0.2) is 9.59 Å². The van der Waals surface area contributed by atoms with E-state index in [9.17, 15) is 9.59 Å². The maximum atomic E-state index is 11.8. The van der Waals surface area contributed by atoms with Crippen LogP contribution in [-0.2, 0) is 25.7 Å². The molecule has 1 heterocycles. The Labute approximate surface area is 122 Å². The topological polar surface area (TPSA) is 84.9 Å². The molecule has 0 unspecified atom stereocenters. The van der Waals surface area contributed by atoms with E-state index >= 15 is 0 Å². The lowest BCUT2D eigenvalue weighted by atomic mass is 10.1. The van der Waals surface area contributed by atoms with Gasteiger partial charge in [0.05, 0.1) is 6.61 Å². The summed E-state index contributed by atoms with van der Waals surface area (Å²) in [5, 5.41) is 11.9. The van der Waals surface area contributed by atoms with Crippen LogP contribution in [0.4, 0.5) is 5.69 Å². The van der Waals surface area contributed by atoms with Crippen molar-refractivity contribution in [2.45, 2.75) is 33.2 Å². The number of esters is 2. The first-order valence-corrected chi connectivity index (χ1v) is 6.46. The number of hydrogen-bond donors (Lipinski definition) is 2. The average Bonchev–Trinajstić information content (AvgIpc) is 2.37. The number of hydrogen-bond acceptors (Lipinski definition) is 6. The molecule has 0 aromatic heterocycles. The third-order valence-corrected chi connectivity index (χ3v) is 2.96. The van der Waals surface area contributed by atoms with E-state index in [0.717, 1.165) is 11.1 Å². The third kappa shape index (κ3) is 3.41. The molecule has 0 atom stereocenters. The molecule has 112 valence electrons. The molecule has 2 N–H and O–H groups in total. The molecule has 0 radical (unpaired) electrons. The van der Waals surface area contributed by atoms with Gasteiger partial charge in [-0.05, 0) is 24.1 Å². The standard InChI is InChI=1S/C15H17NO5/c1-9-6-10(8-17)4-5-12(9)16-7-11-13(18)20-15(2,3)21-14(11)19/h4-7,16-17H,8H2,1-3H3. The summed E-state index contributed by atoms with van der Waals surface area (Å²) in [6, 6.07) is 5.30. The number of carbonyl (C=O) groups is 2. The molecular formula is C15H17NO5. The first-order chi connectivity index (χ1) is 9.82. The maximum Gasteiger partial charge on any atom is 0.350 e. The van der Waals surface area contributed by atoms with E-state index in [1.807, 2.05) is 13.0 Å². The number of aliphatic hydroxyl groups excluding tert-OH is 1. The number of anilines is 1. The van der Waals surface area contributed by atoms with Crippen molar-refractivity contribution in [3.63, 3.8) is 0 Å². The summed E-state index contributed by atoms with van der Waals surface area (Å²) in [7, 11) is 0. The van der Waals surface area contributed by atoms with Crippen LogP contribution in [0.3, 0.4) is 0 Å². The Morgan fingerprint density at radius 2 is 1.86 bits per heavy atom. The van der Waals surface area contributed by atoms with Gasteiger partial charge < -0.3 is 19.9 Å². The van der Waals surface area contributed by atoms with Crippen LogP contribution in [0.25, 0.3) is 0 Å². The van der Waals surface area contributed by atoms with Crippen LogP contribution in [0.15, 0.2) is 30.0 Å². The Balaban J connectivity index is 2.18. The van der Waals surface area contributed by atoms with Crippen molar-refractivity contribution in [3.8, 4) is 0 Å². The molecule has 1 saturated heterocycles. The summed E-state index contributed by atoms with van der Waals surface area (Å²) >= 11 is 0. The van der Waals surface area contributed by atoms with E-state index in [-0.39, 0.29) is 12.2 Å². The SMILES string of the molecule is Cc1cc(CO)ccc1NC=C1C(=O)OC(C)(C)OC1=O. The van der Waals surface area contributed by atoms with Gasteiger partial charge in [-0.15, -0.1) is 0 Å². The maximum absolute atomic E-state index is 11.8. The van der Waals surface area contributed by atoms with Crippen LogP contribution < -0.4 is 5.32 Å². The largest absolute Gasteiger partial charge is 0.419 e. The molecule has 1 fully saturated rings. The highest BCUT2D eigenvalue weighted by molar-refractivity contribution is 6.15. The zero-order chi connectivity index (χ0) is 15.6. The number of benzene rings is 1. The van der Waals surface area contributed by atoms with E-state index in [1.165, 1.54) is 20.0 Å². The van der Waals surface area contributed by atoms with E-state index in [2.05, 4.69) is 5.32 Å². The predicted octanol–water partition coefficient (Wildman–Crippen LogP) is 1.62. The summed E-state index contributed by atoms with van der Waals surface area (Å²) in [5.74, 6) is -2.70. The molecule has 1 aliphatic heterocycles. The Kier molecular flexibility index (Phi) is 3.99. The van der Waals surface area contributed by atoms with Gasteiger partial charge in [0.25, 0.3) is 5.79 Å². The van der Waals surface area contributed by atoms with Gasteiger partial charge >= 0.3 is 11.9 Å². The molecule has 0 bridgehead atoms. The molecule has 1 aromatic rings. The van der Waals surface area contributed by atoms with E-state index in [4.69, 9.17) is 14.6 Å². The number of aliphatic hydroxyl groups is 1. The average molecular weight is 291 g/mol. The molecule has 6 heteroatoms. The lowest BCUT2D eigenvalue weighted by molar-refractivity contribution is -0.222. The highest BCUT2D eigenvalue weighted by Crippen LogP contribution is 2.23. The van der Waals surface area contributed by atoms with Crippen LogP contribution in [0.1, 0.15) is 25.0 Å². The van der Waals surface area contributed by atoms with Gasteiger partial charge in [0.2, 0.25) is 0 Å². The van der Waals surface area contributed by atoms with Crippen molar-refractivity contribution in [3.05, 3.63) is 41.1 Å². The Morgan fingerprint density at radius 3 is 2.38 bits per heavy atom. The molecule has 21 heavy (non-hydrogen) atoms. The Bertz CT molecular complexity index is 596. The number of nitrogens with one attached hydrogen (secondary N) is 1. The molecule has 0 aliphatic carbocycles. The van der Waals surface area contributed by atoms with Crippen LogP contribution >= 0.6 is 0 Å². The lowest BCUT2D eigenvalue weighted by Crippen LogP contribution is -2.42. The van der Waals surface area contributed by atoms with Crippen LogP contribution in [0, 0.1) is 6.92 Å². The number of aryl methyl sites for hydroxylation is 1. The van der Waals surface area contributed by atoms with Crippen LogP contribution in [0.2, 0.25) is 0 Å². The van der Waals surface area contributed by atoms with E-state index in [1.54, 1.807) is 12.1 Å². The van der Waals surface area contributed by atoms with Crippen molar-refractivity contribution < 1.29 is 24.2 Å². The zero-order valence-corrected chi connectivity index (χ0v) is 12.1. The highest BCUT2D eigenvalue weighted by atomic mass is 16.7. The lowest BCUT2D eigenvalue weighted by Gasteiger charge is -2.29. The minimum absolute atomic E-state index is 0.0457. The third-order valence-electron chi connectivity index (χ3n) is 2.96. The summed E-state index contributed by atoms with van der Waals surface area (Å²) in [4.78, 5) is 23.5. The summed E-state index contributed by atoms with van der Waals surface area (Å²) in [6.07, 6.45) is 1.26. The van der Waals surface area contributed by atoms with Gasteiger partial charge in [-0.1, -0.05) is 12.1 Å². The molecule has 0 saturated carbocycles. The van der Waals surface area contributed by atoms with E-state index in [0.29, 0.717) is 5.69 Å². The first-order valence-electron chi connectivity index (χ1n) is 6.46. The number of carbonyl (C=O) groups excluding carboxylic acids is 2. The highest BCUT2D eigenvalue weighted by Gasteiger charge is 2.38. The molecule has 0 spiro atoms. The summed E-state index contributed by atoms with van der Waals surface area (Å²) in [6.45, 7) is 4.78. The Hall–Kier alpha value is -2.34. The number of rotatable bonds is 3. The predicted molar refractivity (Wildman–Crippen MR) is 75.1 cm³/mol. The van der Waals surface area contributed by atoms with Crippen molar-refractivity contribution >= 4 is 17.6 Å². The first kappa shape index (κ1) is 15.1. The minimum Gasteiger partial charge on any atom is -0.419 e. The van der Waals surface area contributed by atoms with Gasteiger partial charge in [0, 0.05) is 25.7 Å². The van der Waals surface area contributed by atoms with Gasteiger partial charge in [-0.2, -0.15) is 0 Å². The Morgan fingerprint density at radius 1 is 1.24 bits per heavy atom. The minimum atomic E-state index is -1.25.